The van der Waals surface area contributed by atoms with Gasteiger partial charge in [0, 0.05) is 38.9 Å². The van der Waals surface area contributed by atoms with Crippen molar-refractivity contribution in [2.75, 3.05) is 38.2 Å². The third-order valence-corrected chi connectivity index (χ3v) is 6.38. The highest BCUT2D eigenvalue weighted by Gasteiger charge is 2.32. The van der Waals surface area contributed by atoms with Crippen molar-refractivity contribution in [1.29, 1.82) is 0 Å². The molecule has 2 aromatic carbocycles. The molecule has 6 nitrogen and oxygen atoms in total. The Kier molecular flexibility index (Phi) is 13.6. The summed E-state index contributed by atoms with van der Waals surface area (Å²) in [6, 6.07) is 15.8. The molecular formula is C28H42Cl2N2O4. The van der Waals surface area contributed by atoms with Crippen LogP contribution in [-0.2, 0) is 11.3 Å². The maximum Gasteiger partial charge on any atom is 0.338 e. The molecule has 1 fully saturated rings. The van der Waals surface area contributed by atoms with Crippen molar-refractivity contribution in [3.63, 3.8) is 0 Å². The lowest BCUT2D eigenvalue weighted by atomic mass is 9.88. The van der Waals surface area contributed by atoms with Crippen LogP contribution < -0.4 is 9.64 Å². The molecule has 1 heterocycles. The number of piperidine rings is 1. The van der Waals surface area contributed by atoms with Gasteiger partial charge in [0.25, 0.3) is 0 Å². The van der Waals surface area contributed by atoms with Crippen LogP contribution in [0.2, 0.25) is 0 Å². The van der Waals surface area contributed by atoms with E-state index in [0.717, 1.165) is 63.3 Å². The van der Waals surface area contributed by atoms with Gasteiger partial charge in [0.2, 0.25) is 0 Å². The number of hydrogen-bond acceptors (Lipinski definition) is 6. The van der Waals surface area contributed by atoms with Gasteiger partial charge in [-0.3, -0.25) is 4.90 Å². The van der Waals surface area contributed by atoms with Crippen molar-refractivity contribution in [3.05, 3.63) is 59.7 Å². The molecule has 202 valence electrons. The number of carbonyl (C=O) groups excluding carboxylic acids is 1. The predicted octanol–water partition coefficient (Wildman–Crippen LogP) is 5.74. The van der Waals surface area contributed by atoms with Crippen LogP contribution in [0.4, 0.5) is 5.69 Å². The number of carbonyl (C=O) groups is 1. The number of aliphatic hydroxyl groups is 1. The quantitative estimate of drug-likeness (QED) is 0.367. The number of nitrogens with zero attached hydrogens (tertiary/aromatic N) is 2. The Bertz CT molecular complexity index is 899. The second-order valence-corrected chi connectivity index (χ2v) is 9.67. The molecule has 0 bridgehead atoms. The van der Waals surface area contributed by atoms with Gasteiger partial charge >= 0.3 is 5.97 Å². The SMILES string of the molecule is CCCOC(=O)c1ccc(CN2CCC(O)(CCN(C)c3ccc(OC(C)C)cc3)CC2)cc1.Cl.Cl. The van der Waals surface area contributed by atoms with E-state index < -0.39 is 5.60 Å². The zero-order valence-electron chi connectivity index (χ0n) is 21.9. The molecule has 0 spiro atoms. The molecule has 0 unspecified atom stereocenters. The summed E-state index contributed by atoms with van der Waals surface area (Å²) in [6.07, 6.45) is 3.27. The fraction of sp³-hybridized carbons (Fsp3) is 0.536. The van der Waals surface area contributed by atoms with Gasteiger partial charge < -0.3 is 19.5 Å². The Balaban J connectivity index is 0.00000324. The van der Waals surface area contributed by atoms with E-state index in [1.807, 2.05) is 57.2 Å². The summed E-state index contributed by atoms with van der Waals surface area (Å²) in [5.74, 6) is 0.616. The summed E-state index contributed by atoms with van der Waals surface area (Å²) >= 11 is 0. The Morgan fingerprint density at radius 1 is 1.06 bits per heavy atom. The predicted molar refractivity (Wildman–Crippen MR) is 151 cm³/mol. The molecule has 1 aliphatic rings. The molecule has 3 rings (SSSR count). The molecule has 1 saturated heterocycles. The number of rotatable bonds is 11. The average Bonchev–Trinajstić information content (AvgIpc) is 2.83. The first-order valence-electron chi connectivity index (χ1n) is 12.5. The van der Waals surface area contributed by atoms with Crippen molar-refractivity contribution in [2.24, 2.45) is 0 Å². The molecule has 0 aliphatic carbocycles. The third-order valence-electron chi connectivity index (χ3n) is 6.38. The first kappa shape index (κ1) is 32.0. The molecular weight excluding hydrogens is 499 g/mol. The Morgan fingerprint density at radius 3 is 2.22 bits per heavy atom. The lowest BCUT2D eigenvalue weighted by Crippen LogP contribution is -2.45. The van der Waals surface area contributed by atoms with Crippen LogP contribution in [0.3, 0.4) is 0 Å². The maximum absolute atomic E-state index is 12.0. The highest BCUT2D eigenvalue weighted by atomic mass is 35.5. The van der Waals surface area contributed by atoms with E-state index in [1.165, 1.54) is 5.56 Å². The van der Waals surface area contributed by atoms with Crippen molar-refractivity contribution >= 4 is 36.5 Å². The number of ether oxygens (including phenoxy) is 2. The highest BCUT2D eigenvalue weighted by molar-refractivity contribution is 5.89. The number of hydrogen-bond donors (Lipinski definition) is 1. The molecule has 2 aromatic rings. The molecule has 0 amide bonds. The monoisotopic (exact) mass is 540 g/mol. The van der Waals surface area contributed by atoms with Crippen LogP contribution in [0.1, 0.15) is 62.4 Å². The first-order valence-corrected chi connectivity index (χ1v) is 12.5. The lowest BCUT2D eigenvalue weighted by Gasteiger charge is -2.39. The van der Waals surface area contributed by atoms with Gasteiger partial charge in [-0.15, -0.1) is 24.8 Å². The number of benzene rings is 2. The van der Waals surface area contributed by atoms with Gasteiger partial charge in [0.05, 0.1) is 23.9 Å². The largest absolute Gasteiger partial charge is 0.491 e. The number of halogens is 2. The van der Waals surface area contributed by atoms with Crippen LogP contribution in [0, 0.1) is 0 Å². The van der Waals surface area contributed by atoms with E-state index in [9.17, 15) is 9.90 Å². The van der Waals surface area contributed by atoms with Gasteiger partial charge in [0.15, 0.2) is 0 Å². The number of likely N-dealkylation sites (tertiary alicyclic amines) is 1. The standard InChI is InChI=1S/C28H40N2O4.2ClH/c1-5-20-33-27(31)24-8-6-23(7-9-24)21-30-18-15-28(32,16-19-30)14-17-29(4)25-10-12-26(13-11-25)34-22(2)3;;/h6-13,22,32H,5,14-21H2,1-4H3;2*1H. The molecule has 0 radical (unpaired) electrons. The summed E-state index contributed by atoms with van der Waals surface area (Å²) in [7, 11) is 2.07. The van der Waals surface area contributed by atoms with Crippen LogP contribution in [0.25, 0.3) is 0 Å². The topological polar surface area (TPSA) is 62.2 Å². The maximum atomic E-state index is 12.0. The van der Waals surface area contributed by atoms with Crippen LogP contribution >= 0.6 is 24.8 Å². The van der Waals surface area contributed by atoms with Gasteiger partial charge in [-0.05, 0) is 81.5 Å². The van der Waals surface area contributed by atoms with E-state index in [-0.39, 0.29) is 36.9 Å². The summed E-state index contributed by atoms with van der Waals surface area (Å²) in [5, 5.41) is 11.1. The molecule has 0 saturated carbocycles. The van der Waals surface area contributed by atoms with E-state index in [4.69, 9.17) is 9.47 Å². The zero-order valence-corrected chi connectivity index (χ0v) is 23.6. The molecule has 0 atom stereocenters. The zero-order chi connectivity index (χ0) is 24.6. The fourth-order valence-electron chi connectivity index (χ4n) is 4.22. The minimum atomic E-state index is -0.627. The first-order chi connectivity index (χ1) is 16.3. The Hall–Kier alpha value is -1.99. The normalized spacial score (nSPS) is 14.9. The van der Waals surface area contributed by atoms with E-state index in [1.54, 1.807) is 0 Å². The van der Waals surface area contributed by atoms with Crippen molar-refractivity contribution in [2.45, 2.75) is 64.7 Å². The summed E-state index contributed by atoms with van der Waals surface area (Å²) in [4.78, 5) is 16.5. The minimum absolute atomic E-state index is 0. The van der Waals surface area contributed by atoms with Crippen LogP contribution in [-0.4, -0.2) is 61.0 Å². The van der Waals surface area contributed by atoms with Gasteiger partial charge in [-0.1, -0.05) is 19.1 Å². The van der Waals surface area contributed by atoms with E-state index in [0.29, 0.717) is 12.2 Å². The Labute approximate surface area is 228 Å². The highest BCUT2D eigenvalue weighted by Crippen LogP contribution is 2.28. The number of anilines is 1. The molecule has 0 aromatic heterocycles. The van der Waals surface area contributed by atoms with Crippen molar-refractivity contribution in [3.8, 4) is 5.75 Å². The van der Waals surface area contributed by atoms with Gasteiger partial charge in [0.1, 0.15) is 5.75 Å². The van der Waals surface area contributed by atoms with Crippen molar-refractivity contribution in [1.82, 2.24) is 4.90 Å². The number of esters is 1. The Morgan fingerprint density at radius 2 is 1.67 bits per heavy atom. The third kappa shape index (κ3) is 9.81. The summed E-state index contributed by atoms with van der Waals surface area (Å²) in [6.45, 7) is 9.83. The molecule has 36 heavy (non-hydrogen) atoms. The van der Waals surface area contributed by atoms with E-state index in [2.05, 4.69) is 29.0 Å². The minimum Gasteiger partial charge on any atom is -0.491 e. The summed E-state index contributed by atoms with van der Waals surface area (Å²) < 4.78 is 10.9. The summed E-state index contributed by atoms with van der Waals surface area (Å²) in [5.41, 5.74) is 2.26. The molecule has 8 heteroatoms. The van der Waals surface area contributed by atoms with Gasteiger partial charge in [-0.2, -0.15) is 0 Å². The lowest BCUT2D eigenvalue weighted by molar-refractivity contribution is -0.0275. The van der Waals surface area contributed by atoms with Crippen LogP contribution in [0.15, 0.2) is 48.5 Å². The average molecular weight is 542 g/mol. The second-order valence-electron chi connectivity index (χ2n) is 9.67. The smallest absolute Gasteiger partial charge is 0.338 e. The van der Waals surface area contributed by atoms with Gasteiger partial charge in [-0.25, -0.2) is 4.79 Å². The fourth-order valence-corrected chi connectivity index (χ4v) is 4.22. The van der Waals surface area contributed by atoms with Crippen LogP contribution in [0.5, 0.6) is 5.75 Å². The second kappa shape index (κ2) is 15.3. The molecule has 1 aliphatic heterocycles. The molecule has 1 N–H and O–H groups in total. The van der Waals surface area contributed by atoms with E-state index >= 15 is 0 Å². The van der Waals surface area contributed by atoms with Crippen molar-refractivity contribution < 1.29 is 19.4 Å².